The lowest BCUT2D eigenvalue weighted by atomic mass is 10.0. The molecule has 170 valence electrons. The second kappa shape index (κ2) is 9.56. The average Bonchev–Trinajstić information content (AvgIpc) is 3.56. The van der Waals surface area contributed by atoms with Crippen LogP contribution in [-0.4, -0.2) is 79.0 Å². The molecule has 2 aromatic rings. The summed E-state index contributed by atoms with van der Waals surface area (Å²) in [5.41, 5.74) is 3.20. The number of rotatable bonds is 9. The van der Waals surface area contributed by atoms with Crippen LogP contribution in [0.1, 0.15) is 12.8 Å². The minimum atomic E-state index is -0.102. The first-order chi connectivity index (χ1) is 15.4. The maximum absolute atomic E-state index is 12.8. The van der Waals surface area contributed by atoms with Crippen LogP contribution in [0.3, 0.4) is 0 Å². The van der Waals surface area contributed by atoms with Crippen molar-refractivity contribution in [2.45, 2.75) is 18.9 Å². The van der Waals surface area contributed by atoms with Crippen LogP contribution in [-0.2, 0) is 4.79 Å². The fraction of sp³-hybridized carbons (Fsp3) is 0.458. The van der Waals surface area contributed by atoms with Gasteiger partial charge in [-0.25, -0.2) is 0 Å². The largest absolute Gasteiger partial charge is 0.388 e. The lowest BCUT2D eigenvalue weighted by Gasteiger charge is -2.46. The fourth-order valence-electron chi connectivity index (χ4n) is 3.90. The van der Waals surface area contributed by atoms with E-state index in [0.29, 0.717) is 24.7 Å². The molecule has 3 heterocycles. The van der Waals surface area contributed by atoms with Crippen LogP contribution in [0.5, 0.6) is 0 Å². The molecule has 0 spiro atoms. The summed E-state index contributed by atoms with van der Waals surface area (Å²) < 4.78 is 0. The average molecular weight is 437 g/mol. The number of aromatic amines is 1. The molecule has 8 nitrogen and oxygen atoms in total. The molecule has 2 aromatic heterocycles. The molecule has 2 N–H and O–H groups in total. The number of hydrogen-bond donors (Lipinski definition) is 2. The molecule has 1 aliphatic heterocycles. The summed E-state index contributed by atoms with van der Waals surface area (Å²) >= 11 is 0. The third-order valence-corrected chi connectivity index (χ3v) is 6.03. The van der Waals surface area contributed by atoms with Gasteiger partial charge in [-0.1, -0.05) is 6.08 Å². The van der Waals surface area contributed by atoms with Crippen LogP contribution in [0.2, 0.25) is 0 Å². The van der Waals surface area contributed by atoms with E-state index in [4.69, 9.17) is 0 Å². The summed E-state index contributed by atoms with van der Waals surface area (Å²) in [4.78, 5) is 38.7. The number of likely N-dealkylation sites (N-methyl/N-ethyl adjacent to an activating group) is 1. The molecule has 32 heavy (non-hydrogen) atoms. The summed E-state index contributed by atoms with van der Waals surface area (Å²) in [6, 6.07) is 5.95. The topological polar surface area (TPSA) is 84.6 Å². The number of pyridine rings is 2. The van der Waals surface area contributed by atoms with Gasteiger partial charge in [0.05, 0.1) is 11.7 Å². The van der Waals surface area contributed by atoms with E-state index in [2.05, 4.69) is 20.2 Å². The van der Waals surface area contributed by atoms with Crippen molar-refractivity contribution in [1.82, 2.24) is 19.8 Å². The Labute approximate surface area is 188 Å². The number of carbonyl (C=O) groups is 1. The van der Waals surface area contributed by atoms with Crippen LogP contribution in [0.15, 0.2) is 47.5 Å². The third kappa shape index (κ3) is 5.19. The summed E-state index contributed by atoms with van der Waals surface area (Å²) in [6.45, 7) is 2.85. The van der Waals surface area contributed by atoms with Gasteiger partial charge in [-0.15, -0.1) is 0 Å². The minimum absolute atomic E-state index is 0.0326. The molecule has 1 saturated carbocycles. The van der Waals surface area contributed by atoms with Crippen molar-refractivity contribution in [2.75, 3.05) is 57.5 Å². The Balaban J connectivity index is 1.52. The van der Waals surface area contributed by atoms with Crippen LogP contribution < -0.4 is 15.8 Å². The van der Waals surface area contributed by atoms with Crippen molar-refractivity contribution in [1.29, 1.82) is 0 Å². The van der Waals surface area contributed by atoms with E-state index in [0.717, 1.165) is 30.0 Å². The van der Waals surface area contributed by atoms with Gasteiger partial charge in [0, 0.05) is 62.9 Å². The Morgan fingerprint density at radius 2 is 2.09 bits per heavy atom. The molecular formula is C24H32N6O2. The molecule has 2 fully saturated rings. The number of H-pyrrole nitrogens is 1. The van der Waals surface area contributed by atoms with E-state index in [1.807, 2.05) is 55.2 Å². The Kier molecular flexibility index (Phi) is 6.60. The van der Waals surface area contributed by atoms with Gasteiger partial charge in [-0.3, -0.25) is 14.6 Å². The zero-order valence-electron chi connectivity index (χ0n) is 19.0. The normalized spacial score (nSPS) is 16.4. The molecular weight excluding hydrogens is 404 g/mol. The smallest absolute Gasteiger partial charge is 0.271 e. The van der Waals surface area contributed by atoms with Gasteiger partial charge in [0.1, 0.15) is 5.69 Å². The van der Waals surface area contributed by atoms with Crippen LogP contribution in [0.25, 0.3) is 11.3 Å². The van der Waals surface area contributed by atoms with E-state index in [1.54, 1.807) is 18.5 Å². The standard InChI is InChI=1S/C24H32N6O2/c1-25-19-8-9-26-21(12-19)18-11-22(24(32)27-13-18)30(14-17-6-7-17)20-15-29(16-20)23(31)5-4-10-28(2)3/h4-5,8-9,11-13,17,20H,6-7,10,14-16H2,1-3H3,(H,25,26)(H,27,32)/b5-4+. The van der Waals surface area contributed by atoms with Crippen molar-refractivity contribution >= 4 is 17.3 Å². The van der Waals surface area contributed by atoms with Gasteiger partial charge in [-0.05, 0) is 51.1 Å². The second-order valence-corrected chi connectivity index (χ2v) is 8.94. The lowest BCUT2D eigenvalue weighted by molar-refractivity contribution is -0.130. The monoisotopic (exact) mass is 436 g/mol. The Morgan fingerprint density at radius 1 is 1.31 bits per heavy atom. The Bertz CT molecular complexity index is 1040. The highest BCUT2D eigenvalue weighted by Gasteiger charge is 2.37. The van der Waals surface area contributed by atoms with Crippen molar-refractivity contribution < 1.29 is 4.79 Å². The number of hydrogen-bond acceptors (Lipinski definition) is 6. The summed E-state index contributed by atoms with van der Waals surface area (Å²) in [6.07, 6.45) is 9.40. The van der Waals surface area contributed by atoms with Crippen molar-refractivity contribution in [3.8, 4) is 11.3 Å². The van der Waals surface area contributed by atoms with E-state index in [-0.39, 0.29) is 17.5 Å². The van der Waals surface area contributed by atoms with E-state index < -0.39 is 0 Å². The molecule has 0 unspecified atom stereocenters. The van der Waals surface area contributed by atoms with Crippen molar-refractivity contribution in [2.24, 2.45) is 5.92 Å². The summed E-state index contributed by atoms with van der Waals surface area (Å²) in [5.74, 6) is 0.652. The summed E-state index contributed by atoms with van der Waals surface area (Å²) in [7, 11) is 5.81. The number of amides is 1. The van der Waals surface area contributed by atoms with E-state index in [9.17, 15) is 9.59 Å². The quantitative estimate of drug-likeness (QED) is 0.585. The lowest BCUT2D eigenvalue weighted by Crippen LogP contribution is -2.62. The van der Waals surface area contributed by atoms with Crippen LogP contribution >= 0.6 is 0 Å². The molecule has 1 saturated heterocycles. The first-order valence-corrected chi connectivity index (χ1v) is 11.2. The molecule has 2 aliphatic rings. The van der Waals surface area contributed by atoms with Crippen LogP contribution in [0, 0.1) is 5.92 Å². The number of carbonyl (C=O) groups excluding carboxylic acids is 1. The number of aromatic nitrogens is 2. The molecule has 0 radical (unpaired) electrons. The van der Waals surface area contributed by atoms with Gasteiger partial charge < -0.3 is 25.0 Å². The predicted molar refractivity (Wildman–Crippen MR) is 128 cm³/mol. The predicted octanol–water partition coefficient (Wildman–Crippen LogP) is 2.02. The van der Waals surface area contributed by atoms with Gasteiger partial charge in [0.2, 0.25) is 5.91 Å². The molecule has 1 amide bonds. The maximum Gasteiger partial charge on any atom is 0.271 e. The first kappa shape index (κ1) is 22.1. The molecule has 4 rings (SSSR count). The Morgan fingerprint density at radius 3 is 2.78 bits per heavy atom. The highest BCUT2D eigenvalue weighted by molar-refractivity contribution is 5.88. The van der Waals surface area contributed by atoms with Gasteiger partial charge in [0.25, 0.3) is 5.56 Å². The van der Waals surface area contributed by atoms with Gasteiger partial charge in [-0.2, -0.15) is 0 Å². The van der Waals surface area contributed by atoms with E-state index in [1.165, 1.54) is 12.8 Å². The molecule has 1 aliphatic carbocycles. The maximum atomic E-state index is 12.8. The summed E-state index contributed by atoms with van der Waals surface area (Å²) in [5, 5.41) is 3.12. The highest BCUT2D eigenvalue weighted by Crippen LogP contribution is 2.34. The molecule has 8 heteroatoms. The third-order valence-electron chi connectivity index (χ3n) is 6.03. The number of likely N-dealkylation sites (tertiary alicyclic amines) is 1. The van der Waals surface area contributed by atoms with Crippen LogP contribution in [0.4, 0.5) is 11.4 Å². The van der Waals surface area contributed by atoms with Crippen molar-refractivity contribution in [3.05, 3.63) is 53.1 Å². The highest BCUT2D eigenvalue weighted by atomic mass is 16.2. The zero-order valence-corrected chi connectivity index (χ0v) is 19.0. The minimum Gasteiger partial charge on any atom is -0.388 e. The number of anilines is 2. The van der Waals surface area contributed by atoms with E-state index >= 15 is 0 Å². The van der Waals surface area contributed by atoms with Gasteiger partial charge in [0.15, 0.2) is 0 Å². The molecule has 0 aromatic carbocycles. The first-order valence-electron chi connectivity index (χ1n) is 11.2. The Hall–Kier alpha value is -3.13. The fourth-order valence-corrected chi connectivity index (χ4v) is 3.90. The SMILES string of the molecule is CNc1ccnc(-c2c[nH]c(=O)c(N(CC3CC3)C3CN(C(=O)/C=C/CN(C)C)C3)c2)c1. The molecule has 0 atom stereocenters. The van der Waals surface area contributed by atoms with Gasteiger partial charge >= 0.3 is 0 Å². The second-order valence-electron chi connectivity index (χ2n) is 8.94. The zero-order chi connectivity index (χ0) is 22.7. The number of nitrogens with one attached hydrogen (secondary N) is 2. The van der Waals surface area contributed by atoms with Crippen molar-refractivity contribution in [3.63, 3.8) is 0 Å². The molecule has 0 bridgehead atoms. The number of nitrogens with zero attached hydrogens (tertiary/aromatic N) is 4.